The molecule has 1 aromatic carbocycles. The summed E-state index contributed by atoms with van der Waals surface area (Å²) in [7, 11) is 0. The summed E-state index contributed by atoms with van der Waals surface area (Å²) < 4.78 is 39.6. The minimum Gasteiger partial charge on any atom is -0.406 e. The number of hydrogen-bond acceptors (Lipinski definition) is 2. The summed E-state index contributed by atoms with van der Waals surface area (Å²) in [6.45, 7) is 2.12. The highest BCUT2D eigenvalue weighted by Gasteiger charge is 2.31. The molecule has 1 aromatic rings. The second-order valence-corrected chi connectivity index (χ2v) is 3.07. The van der Waals surface area contributed by atoms with Crippen LogP contribution in [0, 0.1) is 0 Å². The first-order valence-corrected chi connectivity index (χ1v) is 4.70. The van der Waals surface area contributed by atoms with Crippen molar-refractivity contribution < 1.29 is 22.7 Å². The predicted octanol–water partition coefficient (Wildman–Crippen LogP) is 1.94. The third-order valence-corrected chi connectivity index (χ3v) is 1.80. The molecule has 4 nitrogen and oxygen atoms in total. The zero-order valence-electron chi connectivity index (χ0n) is 8.91. The van der Waals surface area contributed by atoms with Crippen LogP contribution in [0.1, 0.15) is 17.3 Å². The number of benzene rings is 1. The summed E-state index contributed by atoms with van der Waals surface area (Å²) in [6.07, 6.45) is -4.81. The molecular weight excluding hydrogens is 237 g/mol. The van der Waals surface area contributed by atoms with Gasteiger partial charge in [0.25, 0.3) is 5.91 Å². The minimum atomic E-state index is -4.81. The molecule has 0 bridgehead atoms. The van der Waals surface area contributed by atoms with Crippen LogP contribution in [-0.2, 0) is 0 Å². The molecule has 1 rings (SSSR count). The van der Waals surface area contributed by atoms with Crippen molar-refractivity contribution in [1.82, 2.24) is 5.32 Å². The molecule has 1 amide bonds. The van der Waals surface area contributed by atoms with Crippen LogP contribution < -0.4 is 15.8 Å². The second kappa shape index (κ2) is 4.94. The summed E-state index contributed by atoms with van der Waals surface area (Å²) in [6, 6.07) is 3.25. The Balaban J connectivity index is 3.05. The molecule has 93 valence electrons. The van der Waals surface area contributed by atoms with E-state index in [1.165, 1.54) is 6.07 Å². The van der Waals surface area contributed by atoms with E-state index in [1.807, 2.05) is 0 Å². The molecule has 2 N–H and O–H groups in total. The lowest BCUT2D eigenvalue weighted by molar-refractivity contribution is -0.274. The van der Waals surface area contributed by atoms with Crippen molar-refractivity contribution in [3.8, 4) is 5.75 Å². The number of halogens is 3. The number of carbonyl (C=O) groups is 1. The highest BCUT2D eigenvalue weighted by Crippen LogP contribution is 2.27. The summed E-state index contributed by atoms with van der Waals surface area (Å²) in [5, 5.41) is 3.93. The Morgan fingerprint density at radius 2 is 2.12 bits per heavy atom. The average Bonchev–Trinajstić information content (AvgIpc) is 2.18. The van der Waals surface area contributed by atoms with Gasteiger partial charge in [-0.25, -0.2) is 0 Å². The van der Waals surface area contributed by atoms with Crippen LogP contribution in [0.15, 0.2) is 18.2 Å². The van der Waals surface area contributed by atoms with E-state index >= 15 is 0 Å². The maximum absolute atomic E-state index is 12.0. The number of primary amides is 1. The van der Waals surface area contributed by atoms with Crippen LogP contribution in [0.5, 0.6) is 5.75 Å². The minimum absolute atomic E-state index is 0.103. The maximum atomic E-state index is 12.0. The maximum Gasteiger partial charge on any atom is 0.573 e. The lowest BCUT2D eigenvalue weighted by atomic mass is 10.1. The number of hydrogen-bond donors (Lipinski definition) is 1. The monoisotopic (exact) mass is 247 g/mol. The van der Waals surface area contributed by atoms with Crippen LogP contribution in [0.2, 0.25) is 0 Å². The first-order valence-electron chi connectivity index (χ1n) is 4.70. The summed E-state index contributed by atoms with van der Waals surface area (Å²) in [5.41, 5.74) is 5.18. The van der Waals surface area contributed by atoms with Crippen molar-refractivity contribution in [3.63, 3.8) is 0 Å². The van der Waals surface area contributed by atoms with Crippen LogP contribution in [0.4, 0.5) is 18.9 Å². The quantitative estimate of drug-likeness (QED) is 0.883. The van der Waals surface area contributed by atoms with E-state index in [9.17, 15) is 18.0 Å². The number of carbonyl (C=O) groups excluding carboxylic acids is 1. The second-order valence-electron chi connectivity index (χ2n) is 3.07. The molecule has 0 unspecified atom stereocenters. The summed E-state index contributed by atoms with van der Waals surface area (Å²) in [4.78, 5) is 11.0. The molecule has 0 atom stereocenters. The fourth-order valence-corrected chi connectivity index (χ4v) is 1.22. The van der Waals surface area contributed by atoms with Gasteiger partial charge < -0.3 is 10.5 Å². The van der Waals surface area contributed by atoms with Gasteiger partial charge in [0, 0.05) is 6.54 Å². The van der Waals surface area contributed by atoms with E-state index in [0.29, 0.717) is 6.54 Å². The molecule has 0 aliphatic rings. The molecule has 1 radical (unpaired) electrons. The largest absolute Gasteiger partial charge is 0.573 e. The van der Waals surface area contributed by atoms with Crippen molar-refractivity contribution in [2.24, 2.45) is 5.73 Å². The molecule has 17 heavy (non-hydrogen) atoms. The number of alkyl halides is 3. The van der Waals surface area contributed by atoms with E-state index in [2.05, 4.69) is 10.1 Å². The molecule has 0 aliphatic heterocycles. The SMILES string of the molecule is CC[N]c1ccc(OC(F)(F)F)cc1C(N)=O. The van der Waals surface area contributed by atoms with E-state index < -0.39 is 18.0 Å². The third kappa shape index (κ3) is 3.86. The number of amides is 1. The van der Waals surface area contributed by atoms with Crippen molar-refractivity contribution >= 4 is 11.6 Å². The molecule has 0 fully saturated rings. The van der Waals surface area contributed by atoms with Crippen molar-refractivity contribution in [2.45, 2.75) is 13.3 Å². The summed E-state index contributed by atoms with van der Waals surface area (Å²) in [5.74, 6) is -1.36. The molecule has 0 spiro atoms. The van der Waals surface area contributed by atoms with Gasteiger partial charge in [0.2, 0.25) is 0 Å². The lowest BCUT2D eigenvalue weighted by Crippen LogP contribution is -2.19. The lowest BCUT2D eigenvalue weighted by Gasteiger charge is -2.11. The van der Waals surface area contributed by atoms with E-state index in [1.54, 1.807) is 6.92 Å². The topological polar surface area (TPSA) is 66.4 Å². The number of nitrogens with zero attached hydrogens (tertiary/aromatic N) is 1. The van der Waals surface area contributed by atoms with Gasteiger partial charge in [0.05, 0.1) is 11.3 Å². The van der Waals surface area contributed by atoms with Gasteiger partial charge >= 0.3 is 6.36 Å². The molecule has 7 heteroatoms. The van der Waals surface area contributed by atoms with E-state index in [4.69, 9.17) is 5.73 Å². The Bertz CT molecular complexity index is 419. The molecule has 0 saturated carbocycles. The van der Waals surface area contributed by atoms with Crippen LogP contribution in [-0.4, -0.2) is 18.8 Å². The normalized spacial score (nSPS) is 11.1. The number of ether oxygens (including phenoxy) is 1. The Kier molecular flexibility index (Phi) is 3.82. The van der Waals surface area contributed by atoms with Crippen LogP contribution >= 0.6 is 0 Å². The smallest absolute Gasteiger partial charge is 0.406 e. The predicted molar refractivity (Wildman–Crippen MR) is 54.0 cm³/mol. The molecule has 0 heterocycles. The van der Waals surface area contributed by atoms with Gasteiger partial charge in [-0.2, -0.15) is 0 Å². The first-order chi connectivity index (χ1) is 7.83. The molecule has 0 aromatic heterocycles. The fourth-order valence-electron chi connectivity index (χ4n) is 1.22. The van der Waals surface area contributed by atoms with Gasteiger partial charge in [-0.3, -0.25) is 10.1 Å². The first kappa shape index (κ1) is 13.1. The highest BCUT2D eigenvalue weighted by atomic mass is 19.4. The fraction of sp³-hybridized carbons (Fsp3) is 0.300. The van der Waals surface area contributed by atoms with Gasteiger partial charge in [0.15, 0.2) is 0 Å². The number of rotatable bonds is 4. The Labute approximate surface area is 95.6 Å². The van der Waals surface area contributed by atoms with Gasteiger partial charge in [-0.05, 0) is 25.1 Å². The highest BCUT2D eigenvalue weighted by molar-refractivity contribution is 5.98. The van der Waals surface area contributed by atoms with Crippen molar-refractivity contribution in [1.29, 1.82) is 0 Å². The van der Waals surface area contributed by atoms with Crippen LogP contribution in [0.25, 0.3) is 0 Å². The van der Waals surface area contributed by atoms with Crippen LogP contribution in [0.3, 0.4) is 0 Å². The molecule has 0 aliphatic carbocycles. The van der Waals surface area contributed by atoms with Gasteiger partial charge in [0.1, 0.15) is 5.75 Å². The standard InChI is InChI=1S/C10H10F3N2O2/c1-2-15-8-4-3-6(17-10(11,12)13)5-7(8)9(14)16/h3-5H,2H2,1H3,(H2,14,16). The average molecular weight is 247 g/mol. The van der Waals surface area contributed by atoms with Gasteiger partial charge in [-0.15, -0.1) is 13.2 Å². The zero-order valence-corrected chi connectivity index (χ0v) is 8.91. The van der Waals surface area contributed by atoms with E-state index in [0.717, 1.165) is 12.1 Å². The summed E-state index contributed by atoms with van der Waals surface area (Å²) >= 11 is 0. The Morgan fingerprint density at radius 1 is 1.47 bits per heavy atom. The Morgan fingerprint density at radius 3 is 2.59 bits per heavy atom. The Hall–Kier alpha value is -1.92. The van der Waals surface area contributed by atoms with Crippen molar-refractivity contribution in [3.05, 3.63) is 23.8 Å². The van der Waals surface area contributed by atoms with Gasteiger partial charge in [-0.1, -0.05) is 0 Å². The third-order valence-electron chi connectivity index (χ3n) is 1.80. The molecule has 0 saturated heterocycles. The zero-order chi connectivity index (χ0) is 13.1. The van der Waals surface area contributed by atoms with E-state index in [-0.39, 0.29) is 11.3 Å². The number of nitrogens with two attached hydrogens (primary N) is 1. The molecular formula is C10H10F3N2O2. The van der Waals surface area contributed by atoms with Crippen molar-refractivity contribution in [2.75, 3.05) is 6.54 Å².